The molecule has 2 N–H and O–H groups in total. The fourth-order valence-electron chi connectivity index (χ4n) is 1.66. The highest BCUT2D eigenvalue weighted by Crippen LogP contribution is 2.16. The molecule has 1 amide bonds. The molecule has 0 atom stereocenters. The summed E-state index contributed by atoms with van der Waals surface area (Å²) in [5, 5.41) is 13.1. The smallest absolute Gasteiger partial charge is 0.275 e. The van der Waals surface area contributed by atoms with Crippen molar-refractivity contribution < 1.29 is 14.6 Å². The quantitative estimate of drug-likeness (QED) is 0.660. The molecule has 2 aromatic rings. The molecule has 0 unspecified atom stereocenters. The first-order valence-corrected chi connectivity index (χ1v) is 5.96. The molecule has 0 radical (unpaired) electrons. The summed E-state index contributed by atoms with van der Waals surface area (Å²) in [4.78, 5) is 11.9. The average Bonchev–Trinajstić information content (AvgIpc) is 2.47. The van der Waals surface area contributed by atoms with Gasteiger partial charge in [0.2, 0.25) is 0 Å². The summed E-state index contributed by atoms with van der Waals surface area (Å²) in [6, 6.07) is 13.4. The first-order valence-electron chi connectivity index (χ1n) is 5.96. The number of hydrogen-bond acceptors (Lipinski definition) is 4. The monoisotopic (exact) mass is 270 g/mol. The molecule has 0 spiro atoms. The van der Waals surface area contributed by atoms with E-state index >= 15 is 0 Å². The number of carbonyl (C=O) groups is 1. The molecule has 2 rings (SSSR count). The first kappa shape index (κ1) is 13.6. The van der Waals surface area contributed by atoms with E-state index in [0.29, 0.717) is 16.9 Å². The maximum atomic E-state index is 11.9. The van der Waals surface area contributed by atoms with Crippen molar-refractivity contribution in [3.8, 4) is 11.5 Å². The van der Waals surface area contributed by atoms with E-state index < -0.39 is 0 Å². The zero-order valence-electron chi connectivity index (χ0n) is 10.9. The Morgan fingerprint density at radius 1 is 1.25 bits per heavy atom. The molecule has 0 saturated carbocycles. The molecule has 0 bridgehead atoms. The van der Waals surface area contributed by atoms with Gasteiger partial charge < -0.3 is 9.84 Å². The average molecular weight is 270 g/mol. The number of rotatable bonds is 4. The predicted octanol–water partition coefficient (Wildman–Crippen LogP) is 2.16. The molecule has 0 aliphatic heterocycles. The van der Waals surface area contributed by atoms with Gasteiger partial charge >= 0.3 is 0 Å². The zero-order chi connectivity index (χ0) is 14.4. The second-order valence-corrected chi connectivity index (χ2v) is 3.99. The number of aromatic hydroxyl groups is 1. The van der Waals surface area contributed by atoms with E-state index in [9.17, 15) is 9.90 Å². The summed E-state index contributed by atoms with van der Waals surface area (Å²) < 4.78 is 5.10. The van der Waals surface area contributed by atoms with E-state index in [1.54, 1.807) is 48.5 Å². The summed E-state index contributed by atoms with van der Waals surface area (Å²) in [6.45, 7) is 0. The van der Waals surface area contributed by atoms with Crippen LogP contribution in [0.25, 0.3) is 0 Å². The van der Waals surface area contributed by atoms with Crippen molar-refractivity contribution in [1.29, 1.82) is 0 Å². The third-order valence-corrected chi connectivity index (χ3v) is 2.60. The highest BCUT2D eigenvalue weighted by molar-refractivity contribution is 5.97. The van der Waals surface area contributed by atoms with Crippen LogP contribution in [0.1, 0.15) is 15.9 Å². The van der Waals surface area contributed by atoms with Gasteiger partial charge in [-0.25, -0.2) is 5.43 Å². The van der Waals surface area contributed by atoms with Gasteiger partial charge in [-0.2, -0.15) is 5.10 Å². The van der Waals surface area contributed by atoms with Crippen molar-refractivity contribution in [2.75, 3.05) is 7.11 Å². The summed E-state index contributed by atoms with van der Waals surface area (Å²) in [6.07, 6.45) is 1.45. The van der Waals surface area contributed by atoms with Crippen LogP contribution in [0.2, 0.25) is 0 Å². The Bertz CT molecular complexity index is 639. The van der Waals surface area contributed by atoms with Crippen molar-refractivity contribution in [2.24, 2.45) is 5.10 Å². The summed E-state index contributed by atoms with van der Waals surface area (Å²) in [5.41, 5.74) is 3.50. The van der Waals surface area contributed by atoms with E-state index in [2.05, 4.69) is 10.5 Å². The summed E-state index contributed by atoms with van der Waals surface area (Å²) >= 11 is 0. The van der Waals surface area contributed by atoms with Gasteiger partial charge in [-0.3, -0.25) is 4.79 Å². The number of methoxy groups -OCH3 is 1. The fourth-order valence-corrected chi connectivity index (χ4v) is 1.66. The summed E-state index contributed by atoms with van der Waals surface area (Å²) in [7, 11) is 1.50. The Hall–Kier alpha value is -2.82. The minimum atomic E-state index is -0.362. The second kappa shape index (κ2) is 6.38. The Kier molecular flexibility index (Phi) is 4.34. The van der Waals surface area contributed by atoms with E-state index in [-0.39, 0.29) is 11.7 Å². The van der Waals surface area contributed by atoms with Crippen LogP contribution in [0, 0.1) is 0 Å². The van der Waals surface area contributed by atoms with Crippen LogP contribution >= 0.6 is 0 Å². The number of phenols is 1. The number of hydrogen-bond donors (Lipinski definition) is 2. The van der Waals surface area contributed by atoms with Gasteiger partial charge in [-0.05, 0) is 29.8 Å². The van der Waals surface area contributed by atoms with Gasteiger partial charge in [0.1, 0.15) is 11.5 Å². The van der Waals surface area contributed by atoms with Crippen LogP contribution in [0.3, 0.4) is 0 Å². The maximum Gasteiger partial charge on any atom is 0.275 e. The topological polar surface area (TPSA) is 70.9 Å². The van der Waals surface area contributed by atoms with E-state index in [4.69, 9.17) is 4.74 Å². The zero-order valence-corrected chi connectivity index (χ0v) is 10.9. The Labute approximate surface area is 116 Å². The Morgan fingerprint density at radius 2 is 2.05 bits per heavy atom. The molecule has 0 heterocycles. The minimum Gasteiger partial charge on any atom is -0.508 e. The first-order chi connectivity index (χ1) is 9.70. The number of nitrogens with zero attached hydrogens (tertiary/aromatic N) is 1. The van der Waals surface area contributed by atoms with E-state index in [1.165, 1.54) is 13.3 Å². The molecule has 20 heavy (non-hydrogen) atoms. The van der Waals surface area contributed by atoms with Gasteiger partial charge in [0, 0.05) is 0 Å². The van der Waals surface area contributed by atoms with Crippen LogP contribution in [-0.4, -0.2) is 24.3 Å². The third kappa shape index (κ3) is 3.35. The third-order valence-electron chi connectivity index (χ3n) is 2.60. The number of hydrazone groups is 1. The van der Waals surface area contributed by atoms with Crippen molar-refractivity contribution in [3.63, 3.8) is 0 Å². The van der Waals surface area contributed by atoms with Crippen LogP contribution in [0.5, 0.6) is 11.5 Å². The van der Waals surface area contributed by atoms with Gasteiger partial charge in [0.25, 0.3) is 5.91 Å². The Morgan fingerprint density at radius 3 is 2.80 bits per heavy atom. The van der Waals surface area contributed by atoms with Crippen LogP contribution in [0.15, 0.2) is 53.6 Å². The maximum absolute atomic E-state index is 11.9. The highest BCUT2D eigenvalue weighted by atomic mass is 16.5. The normalized spacial score (nSPS) is 10.4. The SMILES string of the molecule is COc1ccccc1C(=O)N/N=C/c1cccc(O)c1. The number of carbonyl (C=O) groups excluding carboxylic acids is 1. The number of nitrogens with one attached hydrogen (secondary N) is 1. The molecule has 102 valence electrons. The fraction of sp³-hybridized carbons (Fsp3) is 0.0667. The van der Waals surface area contributed by atoms with Crippen molar-refractivity contribution in [1.82, 2.24) is 5.43 Å². The lowest BCUT2D eigenvalue weighted by atomic mass is 10.2. The largest absolute Gasteiger partial charge is 0.508 e. The molecule has 0 fully saturated rings. The molecular formula is C15H14N2O3. The van der Waals surface area contributed by atoms with Crippen molar-refractivity contribution in [2.45, 2.75) is 0 Å². The number of phenolic OH excluding ortho intramolecular Hbond substituents is 1. The van der Waals surface area contributed by atoms with Gasteiger partial charge in [-0.1, -0.05) is 24.3 Å². The number of amides is 1. The molecule has 0 saturated heterocycles. The number of benzene rings is 2. The number of para-hydroxylation sites is 1. The van der Waals surface area contributed by atoms with Crippen LogP contribution in [0.4, 0.5) is 0 Å². The van der Waals surface area contributed by atoms with Gasteiger partial charge in [0.05, 0.1) is 18.9 Å². The predicted molar refractivity (Wildman–Crippen MR) is 76.2 cm³/mol. The standard InChI is InChI=1S/C15H14N2O3/c1-20-14-8-3-2-7-13(14)15(19)17-16-10-11-5-4-6-12(18)9-11/h2-10,18H,1H3,(H,17,19)/b16-10+. The molecule has 5 nitrogen and oxygen atoms in total. The lowest BCUT2D eigenvalue weighted by Crippen LogP contribution is -2.18. The molecule has 2 aromatic carbocycles. The molecule has 0 aromatic heterocycles. The van der Waals surface area contributed by atoms with Crippen LogP contribution in [-0.2, 0) is 0 Å². The van der Waals surface area contributed by atoms with Gasteiger partial charge in [0.15, 0.2) is 0 Å². The molecule has 0 aliphatic carbocycles. The number of ether oxygens (including phenoxy) is 1. The minimum absolute atomic E-state index is 0.144. The Balaban J connectivity index is 2.05. The highest BCUT2D eigenvalue weighted by Gasteiger charge is 2.09. The molecular weight excluding hydrogens is 256 g/mol. The molecule has 5 heteroatoms. The van der Waals surface area contributed by atoms with Crippen molar-refractivity contribution in [3.05, 3.63) is 59.7 Å². The second-order valence-electron chi connectivity index (χ2n) is 3.99. The summed E-state index contributed by atoms with van der Waals surface area (Å²) in [5.74, 6) is 0.265. The lowest BCUT2D eigenvalue weighted by Gasteiger charge is -2.05. The van der Waals surface area contributed by atoms with Crippen LogP contribution < -0.4 is 10.2 Å². The van der Waals surface area contributed by atoms with E-state index in [1.807, 2.05) is 0 Å². The van der Waals surface area contributed by atoms with Crippen molar-refractivity contribution >= 4 is 12.1 Å². The van der Waals surface area contributed by atoms with E-state index in [0.717, 1.165) is 0 Å². The van der Waals surface area contributed by atoms with Gasteiger partial charge in [-0.15, -0.1) is 0 Å². The molecule has 0 aliphatic rings. The lowest BCUT2D eigenvalue weighted by molar-refractivity contribution is 0.0952.